The average molecular weight is 451 g/mol. The zero-order valence-corrected chi connectivity index (χ0v) is 16.7. The molecule has 0 fully saturated rings. The average Bonchev–Trinajstić information content (AvgIpc) is 3.37. The number of aromatic nitrogens is 3. The summed E-state index contributed by atoms with van der Waals surface area (Å²) < 4.78 is 30.8. The summed E-state index contributed by atoms with van der Waals surface area (Å²) in [5.74, 6) is -1.81. The van der Waals surface area contributed by atoms with Gasteiger partial charge in [-0.2, -0.15) is 0 Å². The van der Waals surface area contributed by atoms with Crippen molar-refractivity contribution < 1.29 is 13.6 Å². The van der Waals surface area contributed by atoms with Crippen LogP contribution in [0.25, 0.3) is 20.8 Å². The van der Waals surface area contributed by atoms with E-state index in [1.807, 2.05) is 24.6 Å². The summed E-state index contributed by atoms with van der Waals surface area (Å²) in [4.78, 5) is 16.7. The van der Waals surface area contributed by atoms with Gasteiger partial charge in [0.15, 0.2) is 0 Å². The molecule has 5 nitrogen and oxygen atoms in total. The third-order valence-electron chi connectivity index (χ3n) is 4.05. The molecule has 0 radical (unpaired) electrons. The maximum absolute atomic E-state index is 13.8. The zero-order chi connectivity index (χ0) is 19.0. The molecule has 138 valence electrons. The number of thiazole rings is 1. The Bertz CT molecular complexity index is 1070. The Morgan fingerprint density at radius 1 is 1.37 bits per heavy atom. The Kier molecular flexibility index (Phi) is 4.90. The van der Waals surface area contributed by atoms with Crippen LogP contribution in [0.1, 0.15) is 22.1 Å². The number of hydrogen-bond donors (Lipinski definition) is 1. The second-order valence-electron chi connectivity index (χ2n) is 5.86. The van der Waals surface area contributed by atoms with Gasteiger partial charge in [-0.3, -0.25) is 0 Å². The maximum atomic E-state index is 13.8. The minimum atomic E-state index is -0.717. The van der Waals surface area contributed by atoms with Gasteiger partial charge in [-0.05, 0) is 0 Å². The van der Waals surface area contributed by atoms with Crippen molar-refractivity contribution in [2.24, 2.45) is 7.05 Å². The normalized spacial score (nSPS) is 14.4. The summed E-state index contributed by atoms with van der Waals surface area (Å²) in [7, 11) is 1.84. The van der Waals surface area contributed by atoms with Crippen LogP contribution in [0.15, 0.2) is 53.2 Å². The summed E-state index contributed by atoms with van der Waals surface area (Å²) in [6.45, 7) is 0. The fraction of sp³-hybridized carbons (Fsp3) is 0.167. The fourth-order valence-electron chi connectivity index (χ4n) is 2.73. The van der Waals surface area contributed by atoms with Crippen LogP contribution in [0.2, 0.25) is 0 Å². The van der Waals surface area contributed by atoms with Crippen LogP contribution >= 0.6 is 11.3 Å². The molecule has 4 rings (SSSR count). The molecule has 9 heteroatoms. The van der Waals surface area contributed by atoms with Gasteiger partial charge in [-0.15, -0.1) is 0 Å². The van der Waals surface area contributed by atoms with Gasteiger partial charge in [0.25, 0.3) is 0 Å². The minimum absolute atomic E-state index is 0.102. The first-order valence-corrected chi connectivity index (χ1v) is 10.7. The Balaban J connectivity index is 1.57. The molecule has 1 aliphatic rings. The fourth-order valence-corrected chi connectivity index (χ4v) is 5.32. The van der Waals surface area contributed by atoms with E-state index in [-0.39, 0.29) is 26.6 Å². The van der Waals surface area contributed by atoms with E-state index in [4.69, 9.17) is 0 Å². The van der Waals surface area contributed by atoms with E-state index < -0.39 is 17.6 Å². The number of nitrogens with one attached hydrogen (secondary N) is 1. The van der Waals surface area contributed by atoms with Crippen molar-refractivity contribution in [1.82, 2.24) is 20.1 Å². The Morgan fingerprint density at radius 2 is 2.22 bits per heavy atom. The molecule has 0 aromatic carbocycles. The second kappa shape index (κ2) is 7.34. The summed E-state index contributed by atoms with van der Waals surface area (Å²) >= 11 is 1.22. The van der Waals surface area contributed by atoms with Crippen LogP contribution in [-0.4, -0.2) is 35.2 Å². The topological polar surface area (TPSA) is 59.8 Å². The third kappa shape index (κ3) is 3.58. The monoisotopic (exact) mass is 452 g/mol. The van der Waals surface area contributed by atoms with Crippen molar-refractivity contribution in [2.75, 3.05) is 0 Å². The van der Waals surface area contributed by atoms with Crippen LogP contribution in [0.5, 0.6) is 0 Å². The molecule has 0 unspecified atom stereocenters. The van der Waals surface area contributed by atoms with Crippen molar-refractivity contribution in [3.05, 3.63) is 57.6 Å². The standard InChI is InChI=1S/C18H14F2N4OSSe/c1-24-13(9-12(23-24)18-21-7-8-26-18)14-5-6-15(27-14)17(25)22-16-10(19)3-2-4-11(16)20/h3,5-9H,2,4H2,1H3,(H,22,25). The van der Waals surface area contributed by atoms with Crippen LogP contribution in [0, 0.1) is 0 Å². The van der Waals surface area contributed by atoms with Crippen molar-refractivity contribution in [3.8, 4) is 20.8 Å². The Labute approximate surface area is 163 Å². The van der Waals surface area contributed by atoms with Gasteiger partial charge in [-0.1, -0.05) is 0 Å². The van der Waals surface area contributed by atoms with Crippen LogP contribution in [0.4, 0.5) is 8.78 Å². The van der Waals surface area contributed by atoms with Gasteiger partial charge in [-0.25, -0.2) is 0 Å². The van der Waals surface area contributed by atoms with Crippen LogP contribution in [-0.2, 0) is 7.05 Å². The molecule has 0 saturated heterocycles. The van der Waals surface area contributed by atoms with E-state index in [0.29, 0.717) is 10.9 Å². The third-order valence-corrected chi connectivity index (χ3v) is 7.17. The Hall–Kier alpha value is -2.35. The van der Waals surface area contributed by atoms with Gasteiger partial charge < -0.3 is 0 Å². The predicted octanol–water partition coefficient (Wildman–Crippen LogP) is 3.83. The molecule has 3 aromatic heterocycles. The van der Waals surface area contributed by atoms with Crippen LogP contribution < -0.4 is 5.32 Å². The number of amides is 1. The van der Waals surface area contributed by atoms with Gasteiger partial charge in [0, 0.05) is 0 Å². The SMILES string of the molecule is Cn1nc(-c2nccs2)cc1-c1ccc(C(=O)NC2=C(F)CCC=C2F)[se]1. The number of nitrogens with zero attached hydrogens (tertiary/aromatic N) is 3. The van der Waals surface area contributed by atoms with E-state index in [9.17, 15) is 13.6 Å². The van der Waals surface area contributed by atoms with E-state index in [1.165, 1.54) is 17.4 Å². The van der Waals surface area contributed by atoms with Gasteiger partial charge >= 0.3 is 164 Å². The molecule has 1 aliphatic carbocycles. The van der Waals surface area contributed by atoms with Crippen molar-refractivity contribution in [1.29, 1.82) is 0 Å². The molecule has 0 saturated carbocycles. The molecule has 3 aromatic rings. The van der Waals surface area contributed by atoms with E-state index in [0.717, 1.165) is 20.8 Å². The quantitative estimate of drug-likeness (QED) is 0.614. The van der Waals surface area contributed by atoms with E-state index in [2.05, 4.69) is 15.4 Å². The number of aryl methyl sites for hydroxylation is 1. The predicted molar refractivity (Wildman–Crippen MR) is 101 cm³/mol. The molecular formula is C18H14F2N4OSSe. The summed E-state index contributed by atoms with van der Waals surface area (Å²) in [5.41, 5.74) is 1.33. The molecule has 0 bridgehead atoms. The molecule has 0 aliphatic heterocycles. The molecule has 0 atom stereocenters. The molecular weight excluding hydrogens is 437 g/mol. The number of carbonyl (C=O) groups excluding carboxylic acids is 1. The second-order valence-corrected chi connectivity index (χ2v) is 9.03. The first kappa shape index (κ1) is 18.0. The van der Waals surface area contributed by atoms with Crippen LogP contribution in [0.3, 0.4) is 0 Å². The van der Waals surface area contributed by atoms with E-state index >= 15 is 0 Å². The first-order valence-electron chi connectivity index (χ1n) is 8.13. The molecule has 0 spiro atoms. The number of halogens is 2. The molecule has 27 heavy (non-hydrogen) atoms. The number of allylic oxidation sites excluding steroid dienone is 3. The Morgan fingerprint density at radius 3 is 2.96 bits per heavy atom. The van der Waals surface area contributed by atoms with Gasteiger partial charge in [0.1, 0.15) is 0 Å². The molecule has 3 heterocycles. The van der Waals surface area contributed by atoms with Crippen molar-refractivity contribution in [2.45, 2.75) is 12.8 Å². The first-order chi connectivity index (χ1) is 13.0. The number of carbonyl (C=O) groups is 1. The molecule has 1 N–H and O–H groups in total. The molecule has 1 amide bonds. The summed E-state index contributed by atoms with van der Waals surface area (Å²) in [6, 6.07) is 5.49. The van der Waals surface area contributed by atoms with Crippen molar-refractivity contribution >= 4 is 31.7 Å². The number of rotatable bonds is 4. The van der Waals surface area contributed by atoms with Gasteiger partial charge in [0.2, 0.25) is 0 Å². The van der Waals surface area contributed by atoms with E-state index in [1.54, 1.807) is 16.9 Å². The summed E-state index contributed by atoms with van der Waals surface area (Å²) in [6.07, 6.45) is 3.42. The van der Waals surface area contributed by atoms with Crippen molar-refractivity contribution in [3.63, 3.8) is 0 Å². The number of hydrogen-bond acceptors (Lipinski definition) is 4. The zero-order valence-electron chi connectivity index (χ0n) is 14.2. The van der Waals surface area contributed by atoms with Gasteiger partial charge in [0.05, 0.1) is 0 Å². The summed E-state index contributed by atoms with van der Waals surface area (Å²) in [5, 5.41) is 9.57.